The molecule has 0 spiro atoms. The minimum Gasteiger partial charge on any atom is -0.479 e. The summed E-state index contributed by atoms with van der Waals surface area (Å²) < 4.78 is 5.30. The zero-order chi connectivity index (χ0) is 20.2. The topological polar surface area (TPSA) is 102 Å². The molecule has 1 aromatic heterocycles. The van der Waals surface area contributed by atoms with Crippen LogP contribution >= 0.6 is 0 Å². The van der Waals surface area contributed by atoms with Crippen molar-refractivity contribution < 1.29 is 14.4 Å². The van der Waals surface area contributed by atoms with E-state index >= 15 is 0 Å². The van der Waals surface area contributed by atoms with Gasteiger partial charge in [-0.3, -0.25) is 15.1 Å². The molecule has 0 amide bonds. The predicted octanol–water partition coefficient (Wildman–Crippen LogP) is 5.37. The lowest BCUT2D eigenvalue weighted by molar-refractivity contribution is -0.384. The van der Waals surface area contributed by atoms with Crippen molar-refractivity contribution >= 4 is 17.6 Å². The number of hydrogen-bond acceptors (Lipinski definition) is 6. The van der Waals surface area contributed by atoms with Gasteiger partial charge < -0.3 is 9.52 Å². The van der Waals surface area contributed by atoms with Crippen LogP contribution in [0.3, 0.4) is 0 Å². The Kier molecular flexibility index (Phi) is 4.86. The average Bonchev–Trinajstić information content (AvgIpc) is 3.14. The van der Waals surface area contributed by atoms with E-state index < -0.39 is 4.92 Å². The SMILES string of the molecule is O=[N+]([O-])c1ccc(-c2ccc(N=Cc3nc(-c4ccccc4)oc3O)cc2)cc1. The first-order valence-corrected chi connectivity index (χ1v) is 8.74. The first-order valence-electron chi connectivity index (χ1n) is 8.74. The Morgan fingerprint density at radius 1 is 0.897 bits per heavy atom. The Morgan fingerprint density at radius 3 is 2.14 bits per heavy atom. The molecule has 4 rings (SSSR count). The number of nitrogens with zero attached hydrogens (tertiary/aromatic N) is 3. The molecule has 0 aliphatic rings. The fourth-order valence-corrected chi connectivity index (χ4v) is 2.76. The van der Waals surface area contributed by atoms with Crippen molar-refractivity contribution in [3.63, 3.8) is 0 Å². The third-order valence-electron chi connectivity index (χ3n) is 4.27. The first kappa shape index (κ1) is 18.1. The van der Waals surface area contributed by atoms with Gasteiger partial charge in [0.25, 0.3) is 5.69 Å². The molecule has 0 saturated carbocycles. The number of non-ortho nitro benzene ring substituents is 1. The van der Waals surface area contributed by atoms with Crippen LogP contribution in [0.1, 0.15) is 5.69 Å². The van der Waals surface area contributed by atoms with Crippen LogP contribution in [0, 0.1) is 10.1 Å². The molecule has 0 atom stereocenters. The molecule has 1 N–H and O–H groups in total. The predicted molar refractivity (Wildman–Crippen MR) is 109 cm³/mol. The second kappa shape index (κ2) is 7.77. The van der Waals surface area contributed by atoms with Gasteiger partial charge in [0, 0.05) is 17.7 Å². The van der Waals surface area contributed by atoms with Crippen molar-refractivity contribution in [2.24, 2.45) is 4.99 Å². The zero-order valence-electron chi connectivity index (χ0n) is 15.1. The van der Waals surface area contributed by atoms with E-state index in [1.807, 2.05) is 54.6 Å². The van der Waals surface area contributed by atoms with Gasteiger partial charge in [0.05, 0.1) is 16.8 Å². The number of aromatic nitrogens is 1. The Hall–Kier alpha value is -4.26. The summed E-state index contributed by atoms with van der Waals surface area (Å²) in [6.07, 6.45) is 1.44. The van der Waals surface area contributed by atoms with Crippen LogP contribution in [0.4, 0.5) is 11.4 Å². The first-order chi connectivity index (χ1) is 14.1. The molecule has 142 valence electrons. The van der Waals surface area contributed by atoms with Gasteiger partial charge in [-0.15, -0.1) is 0 Å². The third-order valence-corrected chi connectivity index (χ3v) is 4.27. The van der Waals surface area contributed by atoms with Gasteiger partial charge in [-0.1, -0.05) is 30.3 Å². The molecule has 0 radical (unpaired) electrons. The summed E-state index contributed by atoms with van der Waals surface area (Å²) >= 11 is 0. The second-order valence-corrected chi connectivity index (χ2v) is 6.18. The minimum atomic E-state index is -0.426. The van der Waals surface area contributed by atoms with Crippen molar-refractivity contribution in [2.75, 3.05) is 0 Å². The Bertz CT molecular complexity index is 1170. The van der Waals surface area contributed by atoms with Crippen molar-refractivity contribution in [3.8, 4) is 28.5 Å². The molecular weight excluding hydrogens is 370 g/mol. The number of rotatable bonds is 5. The molecule has 7 heteroatoms. The van der Waals surface area contributed by atoms with Gasteiger partial charge in [0.15, 0.2) is 5.69 Å². The number of aliphatic imine (C=N–C) groups is 1. The number of benzene rings is 3. The summed E-state index contributed by atoms with van der Waals surface area (Å²) in [5, 5.41) is 20.7. The summed E-state index contributed by atoms with van der Waals surface area (Å²) in [5.41, 5.74) is 3.50. The maximum Gasteiger partial charge on any atom is 0.312 e. The van der Waals surface area contributed by atoms with Gasteiger partial charge in [0.2, 0.25) is 5.89 Å². The van der Waals surface area contributed by atoms with Crippen LogP contribution in [-0.2, 0) is 0 Å². The number of hydrogen-bond donors (Lipinski definition) is 1. The average molecular weight is 385 g/mol. The van der Waals surface area contributed by atoms with Gasteiger partial charge in [-0.2, -0.15) is 0 Å². The molecule has 4 aromatic rings. The lowest BCUT2D eigenvalue weighted by Crippen LogP contribution is -1.87. The van der Waals surface area contributed by atoms with Crippen LogP contribution < -0.4 is 0 Å². The lowest BCUT2D eigenvalue weighted by atomic mass is 10.1. The smallest absolute Gasteiger partial charge is 0.312 e. The van der Waals surface area contributed by atoms with Crippen molar-refractivity contribution in [1.82, 2.24) is 4.98 Å². The van der Waals surface area contributed by atoms with Crippen LogP contribution in [0.5, 0.6) is 5.95 Å². The Morgan fingerprint density at radius 2 is 1.52 bits per heavy atom. The number of oxazole rings is 1. The highest BCUT2D eigenvalue weighted by Gasteiger charge is 2.12. The number of nitro benzene ring substituents is 1. The molecule has 1 heterocycles. The molecule has 0 bridgehead atoms. The van der Waals surface area contributed by atoms with Gasteiger partial charge in [-0.25, -0.2) is 4.98 Å². The van der Waals surface area contributed by atoms with Gasteiger partial charge in [-0.05, 0) is 47.5 Å². The molecule has 0 saturated heterocycles. The van der Waals surface area contributed by atoms with Crippen molar-refractivity contribution in [1.29, 1.82) is 0 Å². The maximum absolute atomic E-state index is 10.7. The van der Waals surface area contributed by atoms with Crippen molar-refractivity contribution in [2.45, 2.75) is 0 Å². The van der Waals surface area contributed by atoms with E-state index in [4.69, 9.17) is 4.42 Å². The van der Waals surface area contributed by atoms with Crippen LogP contribution in [0.2, 0.25) is 0 Å². The summed E-state index contributed by atoms with van der Waals surface area (Å²) in [6.45, 7) is 0. The lowest BCUT2D eigenvalue weighted by Gasteiger charge is -2.02. The summed E-state index contributed by atoms with van der Waals surface area (Å²) in [5.74, 6) is 0.0215. The molecule has 0 aliphatic heterocycles. The van der Waals surface area contributed by atoms with E-state index in [2.05, 4.69) is 9.98 Å². The van der Waals surface area contributed by atoms with Crippen LogP contribution in [0.15, 0.2) is 88.3 Å². The van der Waals surface area contributed by atoms with Gasteiger partial charge >= 0.3 is 5.95 Å². The Labute approximate surface area is 165 Å². The molecule has 0 fully saturated rings. The number of aromatic hydroxyl groups is 1. The summed E-state index contributed by atoms with van der Waals surface area (Å²) in [4.78, 5) is 18.9. The van der Waals surface area contributed by atoms with Crippen LogP contribution in [-0.4, -0.2) is 21.2 Å². The van der Waals surface area contributed by atoms with E-state index in [1.165, 1.54) is 18.3 Å². The largest absolute Gasteiger partial charge is 0.479 e. The molecular formula is C22H15N3O4. The fourth-order valence-electron chi connectivity index (χ4n) is 2.76. The highest BCUT2D eigenvalue weighted by molar-refractivity contribution is 5.83. The van der Waals surface area contributed by atoms with E-state index in [1.54, 1.807) is 12.1 Å². The summed E-state index contributed by atoms with van der Waals surface area (Å²) in [7, 11) is 0. The molecule has 29 heavy (non-hydrogen) atoms. The molecule has 0 unspecified atom stereocenters. The molecule has 3 aromatic carbocycles. The van der Waals surface area contributed by atoms with E-state index in [0.717, 1.165) is 16.7 Å². The quantitative estimate of drug-likeness (QED) is 0.282. The minimum absolute atomic E-state index is 0.0530. The van der Waals surface area contributed by atoms with E-state index in [-0.39, 0.29) is 17.3 Å². The summed E-state index contributed by atoms with van der Waals surface area (Å²) in [6, 6.07) is 23.0. The second-order valence-electron chi connectivity index (χ2n) is 6.18. The van der Waals surface area contributed by atoms with Gasteiger partial charge in [0.1, 0.15) is 0 Å². The number of nitro groups is 1. The normalized spacial score (nSPS) is 11.0. The van der Waals surface area contributed by atoms with Crippen molar-refractivity contribution in [3.05, 3.63) is 94.7 Å². The Balaban J connectivity index is 1.51. The highest BCUT2D eigenvalue weighted by atomic mass is 16.6. The highest BCUT2D eigenvalue weighted by Crippen LogP contribution is 2.27. The standard InChI is InChI=1S/C22H15N3O4/c26-22-20(24-21(29-22)17-4-2-1-3-5-17)14-23-18-10-6-15(7-11-18)16-8-12-19(13-9-16)25(27)28/h1-14,26H. The monoisotopic (exact) mass is 385 g/mol. The maximum atomic E-state index is 10.7. The third kappa shape index (κ3) is 4.03. The zero-order valence-corrected chi connectivity index (χ0v) is 15.1. The van der Waals surface area contributed by atoms with E-state index in [0.29, 0.717) is 11.6 Å². The van der Waals surface area contributed by atoms with Crippen LogP contribution in [0.25, 0.3) is 22.6 Å². The molecule has 0 aliphatic carbocycles. The van der Waals surface area contributed by atoms with E-state index in [9.17, 15) is 15.2 Å². The fraction of sp³-hybridized carbons (Fsp3) is 0. The molecule has 7 nitrogen and oxygen atoms in total.